The van der Waals surface area contributed by atoms with Crippen molar-refractivity contribution in [2.75, 3.05) is 20.7 Å². The topological polar surface area (TPSA) is 46.4 Å². The summed E-state index contributed by atoms with van der Waals surface area (Å²) in [5, 5.41) is 15.1. The molecule has 3 aromatic carbocycles. The minimum Gasteiger partial charge on any atom is -0.497 e. The highest BCUT2D eigenvalue weighted by Crippen LogP contribution is 2.36. The molecule has 4 aromatic rings. The molecule has 0 aliphatic rings. The second-order valence-corrected chi connectivity index (χ2v) is 7.32. The van der Waals surface area contributed by atoms with Gasteiger partial charge >= 0.3 is 0 Å². The van der Waals surface area contributed by atoms with Crippen molar-refractivity contribution >= 4 is 23.3 Å². The number of para-hydroxylation sites is 1. The molecule has 162 valence electrons. The first kappa shape index (κ1) is 22.8. The highest BCUT2D eigenvalue weighted by atomic mass is 35.5. The Kier molecular flexibility index (Phi) is 7.33. The van der Waals surface area contributed by atoms with Crippen LogP contribution in [-0.4, -0.2) is 36.5 Å². The fourth-order valence-electron chi connectivity index (χ4n) is 4.01. The van der Waals surface area contributed by atoms with Gasteiger partial charge in [-0.2, -0.15) is 0 Å². The molecule has 0 amide bonds. The second kappa shape index (κ2) is 9.96. The van der Waals surface area contributed by atoms with Gasteiger partial charge in [0.05, 0.1) is 19.3 Å². The second-order valence-electron chi connectivity index (χ2n) is 7.32. The summed E-state index contributed by atoms with van der Waals surface area (Å²) < 4.78 is 21.4. The van der Waals surface area contributed by atoms with Gasteiger partial charge in [0, 0.05) is 29.2 Å². The Morgan fingerprint density at radius 2 is 1.77 bits per heavy atom. The largest absolute Gasteiger partial charge is 0.497 e. The summed E-state index contributed by atoms with van der Waals surface area (Å²) in [5.74, 6) is 0.477. The molecule has 0 unspecified atom stereocenters. The van der Waals surface area contributed by atoms with Gasteiger partial charge in [-0.05, 0) is 48.5 Å². The normalized spacial score (nSPS) is 12.9. The maximum atomic E-state index is 14.0. The summed E-state index contributed by atoms with van der Waals surface area (Å²) in [4.78, 5) is 0. The monoisotopic (exact) mass is 440 g/mol. The average molecular weight is 441 g/mol. The van der Waals surface area contributed by atoms with Gasteiger partial charge in [-0.15, -0.1) is 12.4 Å². The number of rotatable bonds is 7. The van der Waals surface area contributed by atoms with Crippen LogP contribution in [0.25, 0.3) is 22.0 Å². The van der Waals surface area contributed by atoms with Crippen LogP contribution < -0.4 is 10.1 Å². The Bertz CT molecular complexity index is 1140. The number of fused-ring (bicyclic) bond motifs is 1. The number of aliphatic hydroxyl groups is 1. The van der Waals surface area contributed by atoms with Crippen molar-refractivity contribution in [1.82, 2.24) is 9.88 Å². The van der Waals surface area contributed by atoms with Crippen molar-refractivity contribution in [1.29, 1.82) is 0 Å². The number of benzene rings is 3. The SMILES string of the molecule is CNC[C@@H](O)[C@H](c1cccc(F)c1)n1cc(-c2ccc(OC)cc2)c2ccccc21.Cl. The molecule has 1 aromatic heterocycles. The third-order valence-electron chi connectivity index (χ3n) is 5.41. The van der Waals surface area contributed by atoms with Gasteiger partial charge in [-0.3, -0.25) is 0 Å². The van der Waals surface area contributed by atoms with E-state index in [0.29, 0.717) is 6.54 Å². The Balaban J connectivity index is 0.00000272. The molecule has 2 N–H and O–H groups in total. The Morgan fingerprint density at radius 1 is 1.03 bits per heavy atom. The number of nitrogens with one attached hydrogen (secondary N) is 1. The van der Waals surface area contributed by atoms with Crippen molar-refractivity contribution in [3.05, 3.63) is 90.4 Å². The molecular formula is C25H26ClFN2O2. The average Bonchev–Trinajstić information content (AvgIpc) is 3.14. The predicted octanol–water partition coefficient (Wildman–Crippen LogP) is 5.05. The predicted molar refractivity (Wildman–Crippen MR) is 126 cm³/mol. The van der Waals surface area contributed by atoms with E-state index in [-0.39, 0.29) is 18.2 Å². The van der Waals surface area contributed by atoms with Crippen LogP contribution in [-0.2, 0) is 0 Å². The van der Waals surface area contributed by atoms with Crippen LogP contribution in [0.1, 0.15) is 11.6 Å². The minimum atomic E-state index is -0.740. The Morgan fingerprint density at radius 3 is 2.45 bits per heavy atom. The molecule has 0 fully saturated rings. The third-order valence-corrected chi connectivity index (χ3v) is 5.41. The fraction of sp³-hybridized carbons (Fsp3) is 0.200. The number of hydrogen-bond donors (Lipinski definition) is 2. The van der Waals surface area contributed by atoms with Crippen molar-refractivity contribution in [2.45, 2.75) is 12.1 Å². The lowest BCUT2D eigenvalue weighted by Gasteiger charge is -2.26. The van der Waals surface area contributed by atoms with Crippen molar-refractivity contribution in [2.24, 2.45) is 0 Å². The van der Waals surface area contributed by atoms with E-state index < -0.39 is 12.1 Å². The van der Waals surface area contributed by atoms with Crippen LogP contribution in [0, 0.1) is 5.82 Å². The smallest absolute Gasteiger partial charge is 0.123 e. The van der Waals surface area contributed by atoms with Crippen LogP contribution in [0.5, 0.6) is 5.75 Å². The van der Waals surface area contributed by atoms with Gasteiger partial charge in [0.2, 0.25) is 0 Å². The first-order valence-electron chi connectivity index (χ1n) is 9.94. The summed E-state index contributed by atoms with van der Waals surface area (Å²) in [6, 6.07) is 22.0. The number of likely N-dealkylation sites (N-methyl/N-ethyl adjacent to an activating group) is 1. The third kappa shape index (κ3) is 4.59. The van der Waals surface area contributed by atoms with E-state index in [1.165, 1.54) is 12.1 Å². The molecule has 0 saturated heterocycles. The molecule has 4 rings (SSSR count). The number of aliphatic hydroxyl groups excluding tert-OH is 1. The summed E-state index contributed by atoms with van der Waals surface area (Å²) in [7, 11) is 3.44. The number of ether oxygens (including phenoxy) is 1. The van der Waals surface area contributed by atoms with E-state index in [9.17, 15) is 9.50 Å². The Hall–Kier alpha value is -2.86. The number of halogens is 2. The highest BCUT2D eigenvalue weighted by Gasteiger charge is 2.25. The Labute approximate surface area is 187 Å². The molecule has 0 radical (unpaired) electrons. The van der Waals surface area contributed by atoms with E-state index in [1.54, 1.807) is 20.2 Å². The van der Waals surface area contributed by atoms with Crippen LogP contribution in [0.4, 0.5) is 4.39 Å². The van der Waals surface area contributed by atoms with E-state index >= 15 is 0 Å². The van der Waals surface area contributed by atoms with E-state index in [4.69, 9.17) is 4.74 Å². The van der Waals surface area contributed by atoms with E-state index in [0.717, 1.165) is 33.3 Å². The molecule has 0 aliphatic heterocycles. The summed E-state index contributed by atoms with van der Waals surface area (Å²) in [6.07, 6.45) is 1.30. The number of methoxy groups -OCH3 is 1. The fourth-order valence-corrected chi connectivity index (χ4v) is 4.01. The molecule has 0 bridgehead atoms. The molecule has 0 aliphatic carbocycles. The summed E-state index contributed by atoms with van der Waals surface area (Å²) in [5.41, 5.74) is 3.80. The van der Waals surface area contributed by atoms with Crippen LogP contribution in [0.2, 0.25) is 0 Å². The van der Waals surface area contributed by atoms with Gasteiger partial charge in [0.15, 0.2) is 0 Å². The van der Waals surface area contributed by atoms with Crippen LogP contribution in [0.15, 0.2) is 79.0 Å². The van der Waals surface area contributed by atoms with Crippen LogP contribution >= 0.6 is 12.4 Å². The molecule has 0 spiro atoms. The zero-order chi connectivity index (χ0) is 21.1. The molecule has 0 saturated carbocycles. The molecule has 6 heteroatoms. The lowest BCUT2D eigenvalue weighted by Crippen LogP contribution is -2.33. The molecule has 1 heterocycles. The zero-order valence-electron chi connectivity index (χ0n) is 17.5. The van der Waals surface area contributed by atoms with Crippen molar-refractivity contribution < 1.29 is 14.2 Å². The number of aromatic nitrogens is 1. The van der Waals surface area contributed by atoms with Gasteiger partial charge in [0.1, 0.15) is 11.6 Å². The quantitative estimate of drug-likeness (QED) is 0.423. The maximum Gasteiger partial charge on any atom is 0.123 e. The first-order chi connectivity index (χ1) is 14.6. The van der Waals surface area contributed by atoms with Gasteiger partial charge < -0.3 is 19.7 Å². The molecule has 31 heavy (non-hydrogen) atoms. The molecule has 2 atom stereocenters. The lowest BCUT2D eigenvalue weighted by atomic mass is 10.0. The first-order valence-corrected chi connectivity index (χ1v) is 9.94. The lowest BCUT2D eigenvalue weighted by molar-refractivity contribution is 0.132. The number of nitrogens with zero attached hydrogens (tertiary/aromatic N) is 1. The zero-order valence-corrected chi connectivity index (χ0v) is 18.3. The summed E-state index contributed by atoms with van der Waals surface area (Å²) >= 11 is 0. The highest BCUT2D eigenvalue weighted by molar-refractivity contribution is 5.96. The standard InChI is InChI=1S/C25H25FN2O2.ClH/c1-27-15-24(29)25(18-6-5-7-19(26)14-18)28-16-22(21-8-3-4-9-23(21)28)17-10-12-20(30-2)13-11-17;/h3-14,16,24-25,27,29H,15H2,1-2H3;1H/t24-,25+;/m1./s1. The maximum absolute atomic E-state index is 14.0. The van der Waals surface area contributed by atoms with E-state index in [2.05, 4.69) is 11.4 Å². The van der Waals surface area contributed by atoms with Crippen LogP contribution in [0.3, 0.4) is 0 Å². The minimum absolute atomic E-state index is 0. The molecule has 4 nitrogen and oxygen atoms in total. The van der Waals surface area contributed by atoms with Gasteiger partial charge in [0.25, 0.3) is 0 Å². The number of hydrogen-bond acceptors (Lipinski definition) is 3. The molecular weight excluding hydrogens is 415 g/mol. The van der Waals surface area contributed by atoms with Crippen molar-refractivity contribution in [3.8, 4) is 16.9 Å². The van der Waals surface area contributed by atoms with Crippen molar-refractivity contribution in [3.63, 3.8) is 0 Å². The van der Waals surface area contributed by atoms with Gasteiger partial charge in [-0.25, -0.2) is 4.39 Å². The van der Waals surface area contributed by atoms with E-state index in [1.807, 2.05) is 59.3 Å². The summed E-state index contributed by atoms with van der Waals surface area (Å²) in [6.45, 7) is 0.381. The van der Waals surface area contributed by atoms with Gasteiger partial charge in [-0.1, -0.05) is 42.5 Å².